The molecule has 0 bridgehead atoms. The van der Waals surface area contributed by atoms with Gasteiger partial charge in [-0.1, -0.05) is 6.92 Å². The first kappa shape index (κ1) is 17.7. The van der Waals surface area contributed by atoms with Gasteiger partial charge < -0.3 is 15.7 Å². The molecule has 108 valence electrons. The third-order valence-electron chi connectivity index (χ3n) is 3.50. The molecule has 1 heterocycles. The van der Waals surface area contributed by atoms with Gasteiger partial charge in [0.05, 0.1) is 11.5 Å². The molecular weight excluding hydrogens is 252 g/mol. The van der Waals surface area contributed by atoms with E-state index in [-0.39, 0.29) is 29.8 Å². The summed E-state index contributed by atoms with van der Waals surface area (Å²) in [5.41, 5.74) is -0.261. The van der Waals surface area contributed by atoms with Gasteiger partial charge in [-0.2, -0.15) is 0 Å². The molecule has 1 aliphatic rings. The fraction of sp³-hybridized carbons (Fsp3) is 0.923. The lowest BCUT2D eigenvalue weighted by atomic mass is 9.82. The molecule has 18 heavy (non-hydrogen) atoms. The van der Waals surface area contributed by atoms with E-state index in [2.05, 4.69) is 17.6 Å². The summed E-state index contributed by atoms with van der Waals surface area (Å²) in [6.07, 6.45) is 2.45. The summed E-state index contributed by atoms with van der Waals surface area (Å²) in [7, 11) is 0. The molecule has 1 rings (SSSR count). The molecule has 3 unspecified atom stereocenters. The number of rotatable bonds is 5. The number of nitrogens with one attached hydrogen (secondary N) is 2. The SMILES string of the molecule is CC(O)CC(C)CNC(=O)C1(C)CCCNC1.Cl. The van der Waals surface area contributed by atoms with Crippen molar-refractivity contribution in [2.75, 3.05) is 19.6 Å². The maximum atomic E-state index is 12.1. The highest BCUT2D eigenvalue weighted by atomic mass is 35.5. The van der Waals surface area contributed by atoms with Crippen molar-refractivity contribution in [1.29, 1.82) is 0 Å². The summed E-state index contributed by atoms with van der Waals surface area (Å²) >= 11 is 0. The highest BCUT2D eigenvalue weighted by Gasteiger charge is 2.34. The molecule has 1 saturated heterocycles. The molecule has 1 aliphatic heterocycles. The number of halogens is 1. The van der Waals surface area contributed by atoms with Gasteiger partial charge in [0.1, 0.15) is 0 Å². The zero-order chi connectivity index (χ0) is 12.9. The van der Waals surface area contributed by atoms with E-state index in [9.17, 15) is 9.90 Å². The smallest absolute Gasteiger partial charge is 0.227 e. The molecule has 0 saturated carbocycles. The maximum Gasteiger partial charge on any atom is 0.227 e. The van der Waals surface area contributed by atoms with Crippen LogP contribution in [0.1, 0.15) is 40.0 Å². The molecule has 0 spiro atoms. The Morgan fingerprint density at radius 1 is 1.50 bits per heavy atom. The summed E-state index contributed by atoms with van der Waals surface area (Å²) in [6.45, 7) is 8.29. The molecule has 1 amide bonds. The molecule has 0 aliphatic carbocycles. The number of hydrogen-bond acceptors (Lipinski definition) is 3. The van der Waals surface area contributed by atoms with Crippen molar-refractivity contribution >= 4 is 18.3 Å². The standard InChI is InChI=1S/C13H26N2O2.ClH/c1-10(7-11(2)16)8-15-12(17)13(3)5-4-6-14-9-13;/h10-11,14,16H,4-9H2,1-3H3,(H,15,17);1H. The minimum absolute atomic E-state index is 0. The number of carbonyl (C=O) groups is 1. The van der Waals surface area contributed by atoms with E-state index in [1.165, 1.54) is 0 Å². The quantitative estimate of drug-likeness (QED) is 0.711. The molecule has 0 aromatic carbocycles. The number of aliphatic hydroxyl groups excluding tert-OH is 1. The van der Waals surface area contributed by atoms with Crippen molar-refractivity contribution in [3.8, 4) is 0 Å². The lowest BCUT2D eigenvalue weighted by molar-refractivity contribution is -0.131. The molecule has 3 atom stereocenters. The van der Waals surface area contributed by atoms with Crippen LogP contribution in [0.25, 0.3) is 0 Å². The number of amides is 1. The van der Waals surface area contributed by atoms with Crippen LogP contribution in [-0.4, -0.2) is 36.8 Å². The lowest BCUT2D eigenvalue weighted by Crippen LogP contribution is -2.49. The van der Waals surface area contributed by atoms with Gasteiger partial charge >= 0.3 is 0 Å². The van der Waals surface area contributed by atoms with Crippen LogP contribution in [0, 0.1) is 11.3 Å². The van der Waals surface area contributed by atoms with Crippen molar-refractivity contribution < 1.29 is 9.90 Å². The molecule has 4 nitrogen and oxygen atoms in total. The minimum Gasteiger partial charge on any atom is -0.393 e. The summed E-state index contributed by atoms with van der Waals surface area (Å²) in [5.74, 6) is 0.459. The minimum atomic E-state index is -0.297. The Labute approximate surface area is 116 Å². The summed E-state index contributed by atoms with van der Waals surface area (Å²) in [4.78, 5) is 12.1. The van der Waals surface area contributed by atoms with Crippen molar-refractivity contribution in [3.05, 3.63) is 0 Å². The second kappa shape index (κ2) is 7.97. The largest absolute Gasteiger partial charge is 0.393 e. The van der Waals surface area contributed by atoms with E-state index >= 15 is 0 Å². The average Bonchev–Trinajstić information content (AvgIpc) is 2.26. The second-order valence-corrected chi connectivity index (χ2v) is 5.74. The van der Waals surface area contributed by atoms with Crippen LogP contribution >= 0.6 is 12.4 Å². The van der Waals surface area contributed by atoms with Crippen molar-refractivity contribution in [2.45, 2.75) is 46.1 Å². The number of hydrogen-bond donors (Lipinski definition) is 3. The van der Waals surface area contributed by atoms with E-state index in [0.717, 1.165) is 32.4 Å². The lowest BCUT2D eigenvalue weighted by Gasteiger charge is -2.33. The molecule has 0 aromatic rings. The van der Waals surface area contributed by atoms with Crippen LogP contribution in [0.5, 0.6) is 0 Å². The summed E-state index contributed by atoms with van der Waals surface area (Å²) in [5, 5.41) is 15.5. The third-order valence-corrected chi connectivity index (χ3v) is 3.50. The van der Waals surface area contributed by atoms with E-state index in [1.54, 1.807) is 6.92 Å². The van der Waals surface area contributed by atoms with E-state index in [1.807, 2.05) is 6.92 Å². The predicted molar refractivity (Wildman–Crippen MR) is 75.9 cm³/mol. The maximum absolute atomic E-state index is 12.1. The molecule has 1 fully saturated rings. The van der Waals surface area contributed by atoms with Gasteiger partial charge in [0.15, 0.2) is 0 Å². The first-order valence-electron chi connectivity index (χ1n) is 6.61. The fourth-order valence-electron chi connectivity index (χ4n) is 2.40. The Kier molecular flexibility index (Phi) is 7.83. The van der Waals surface area contributed by atoms with Gasteiger partial charge in [0.25, 0.3) is 0 Å². The van der Waals surface area contributed by atoms with Crippen molar-refractivity contribution in [1.82, 2.24) is 10.6 Å². The topological polar surface area (TPSA) is 61.4 Å². The van der Waals surface area contributed by atoms with Crippen LogP contribution < -0.4 is 10.6 Å². The zero-order valence-corrected chi connectivity index (χ0v) is 12.5. The van der Waals surface area contributed by atoms with Crippen molar-refractivity contribution in [3.63, 3.8) is 0 Å². The van der Waals surface area contributed by atoms with Crippen LogP contribution in [0.2, 0.25) is 0 Å². The average molecular weight is 279 g/mol. The molecule has 0 radical (unpaired) electrons. The van der Waals surface area contributed by atoms with Crippen LogP contribution in [0.3, 0.4) is 0 Å². The summed E-state index contributed by atoms with van der Waals surface area (Å²) in [6, 6.07) is 0. The molecule has 0 aromatic heterocycles. The normalized spacial score (nSPS) is 26.9. The van der Waals surface area contributed by atoms with Gasteiger partial charge in [0, 0.05) is 13.1 Å². The van der Waals surface area contributed by atoms with Gasteiger partial charge in [0.2, 0.25) is 5.91 Å². The summed E-state index contributed by atoms with van der Waals surface area (Å²) < 4.78 is 0. The van der Waals surface area contributed by atoms with Crippen LogP contribution in [0.4, 0.5) is 0 Å². The van der Waals surface area contributed by atoms with Crippen LogP contribution in [0.15, 0.2) is 0 Å². The Hall–Kier alpha value is -0.320. The van der Waals surface area contributed by atoms with Gasteiger partial charge in [-0.25, -0.2) is 0 Å². The van der Waals surface area contributed by atoms with E-state index < -0.39 is 0 Å². The number of aliphatic hydroxyl groups is 1. The highest BCUT2D eigenvalue weighted by Crippen LogP contribution is 2.25. The van der Waals surface area contributed by atoms with Gasteiger partial charge in [-0.05, 0) is 45.6 Å². The molecule has 5 heteroatoms. The predicted octanol–water partition coefficient (Wildman–Crippen LogP) is 1.32. The number of carbonyl (C=O) groups excluding carboxylic acids is 1. The second-order valence-electron chi connectivity index (χ2n) is 5.74. The number of piperidine rings is 1. The Morgan fingerprint density at radius 2 is 2.17 bits per heavy atom. The zero-order valence-electron chi connectivity index (χ0n) is 11.7. The monoisotopic (exact) mass is 278 g/mol. The third kappa shape index (κ3) is 5.55. The molecule has 3 N–H and O–H groups in total. The molecular formula is C13H27ClN2O2. The van der Waals surface area contributed by atoms with Gasteiger partial charge in [-0.15, -0.1) is 12.4 Å². The van der Waals surface area contributed by atoms with E-state index in [0.29, 0.717) is 12.5 Å². The van der Waals surface area contributed by atoms with Gasteiger partial charge in [-0.3, -0.25) is 4.79 Å². The Morgan fingerprint density at radius 3 is 2.67 bits per heavy atom. The van der Waals surface area contributed by atoms with Crippen LogP contribution in [-0.2, 0) is 4.79 Å². The first-order chi connectivity index (χ1) is 7.94. The Bertz CT molecular complexity index is 253. The van der Waals surface area contributed by atoms with Crippen molar-refractivity contribution in [2.24, 2.45) is 11.3 Å². The Balaban J connectivity index is 0.00000289. The first-order valence-corrected chi connectivity index (χ1v) is 6.61. The fourth-order valence-corrected chi connectivity index (χ4v) is 2.40. The van der Waals surface area contributed by atoms with E-state index in [4.69, 9.17) is 0 Å². The highest BCUT2D eigenvalue weighted by molar-refractivity contribution is 5.85.